The maximum absolute atomic E-state index is 13.5. The van der Waals surface area contributed by atoms with Crippen LogP contribution in [0.1, 0.15) is 31.7 Å². The second kappa shape index (κ2) is 8.02. The summed E-state index contributed by atoms with van der Waals surface area (Å²) in [7, 11) is 1.39. The molecular weight excluding hydrogens is 441 g/mol. The topological polar surface area (TPSA) is 76.1 Å². The van der Waals surface area contributed by atoms with Crippen LogP contribution in [0, 0.1) is 11.7 Å². The predicted octanol–water partition coefficient (Wildman–Crippen LogP) is 4.61. The van der Waals surface area contributed by atoms with Gasteiger partial charge in [-0.2, -0.15) is 0 Å². The molecule has 29 heavy (non-hydrogen) atoms. The summed E-state index contributed by atoms with van der Waals surface area (Å²) in [6.45, 7) is 0. The average molecular weight is 462 g/mol. The Labute approximate surface area is 175 Å². The van der Waals surface area contributed by atoms with E-state index in [1.165, 1.54) is 25.3 Å². The molecule has 0 radical (unpaired) electrons. The summed E-state index contributed by atoms with van der Waals surface area (Å²) < 4.78 is 21.2. The monoisotopic (exact) mass is 461 g/mol. The molecule has 1 amide bonds. The minimum Gasteiger partial charge on any atom is -0.494 e. The number of hydrogen-bond donors (Lipinski definition) is 2. The Morgan fingerprint density at radius 2 is 2.00 bits per heavy atom. The van der Waals surface area contributed by atoms with Gasteiger partial charge in [-0.15, -0.1) is 0 Å². The largest absolute Gasteiger partial charge is 0.494 e. The zero-order valence-corrected chi connectivity index (χ0v) is 17.5. The predicted molar refractivity (Wildman–Crippen MR) is 113 cm³/mol. The summed E-state index contributed by atoms with van der Waals surface area (Å²) in [5.41, 5.74) is 2.05. The lowest BCUT2D eigenvalue weighted by Gasteiger charge is -2.28. The van der Waals surface area contributed by atoms with Gasteiger partial charge in [0.1, 0.15) is 0 Å². The van der Waals surface area contributed by atoms with Gasteiger partial charge >= 0.3 is 5.69 Å². The lowest BCUT2D eigenvalue weighted by Crippen LogP contribution is -2.31. The van der Waals surface area contributed by atoms with Crippen molar-refractivity contribution in [1.29, 1.82) is 0 Å². The number of amides is 1. The number of aromatic amines is 1. The fourth-order valence-corrected chi connectivity index (χ4v) is 4.51. The molecule has 1 fully saturated rings. The molecule has 1 aliphatic carbocycles. The smallest absolute Gasteiger partial charge is 0.326 e. The van der Waals surface area contributed by atoms with E-state index in [1.54, 1.807) is 4.57 Å². The molecule has 0 aliphatic heterocycles. The fraction of sp³-hybridized carbons (Fsp3) is 0.333. The van der Waals surface area contributed by atoms with Crippen LogP contribution < -0.4 is 15.7 Å². The zero-order valence-electron chi connectivity index (χ0n) is 15.9. The van der Waals surface area contributed by atoms with Gasteiger partial charge in [0.15, 0.2) is 11.6 Å². The summed E-state index contributed by atoms with van der Waals surface area (Å²) in [6.07, 6.45) is 2.85. The van der Waals surface area contributed by atoms with Crippen molar-refractivity contribution in [2.45, 2.75) is 31.7 Å². The van der Waals surface area contributed by atoms with Crippen LogP contribution in [0.5, 0.6) is 5.75 Å². The summed E-state index contributed by atoms with van der Waals surface area (Å²) >= 11 is 3.47. The van der Waals surface area contributed by atoms with E-state index >= 15 is 0 Å². The number of nitrogens with one attached hydrogen (secondary N) is 2. The molecule has 1 aliphatic rings. The van der Waals surface area contributed by atoms with E-state index in [9.17, 15) is 14.0 Å². The minimum atomic E-state index is -0.471. The number of benzene rings is 2. The number of para-hydroxylation sites is 1. The number of rotatable bonds is 4. The molecule has 0 spiro atoms. The Morgan fingerprint density at radius 3 is 2.72 bits per heavy atom. The van der Waals surface area contributed by atoms with Gasteiger partial charge in [-0.1, -0.05) is 6.07 Å². The number of carbonyl (C=O) groups is 1. The van der Waals surface area contributed by atoms with Crippen molar-refractivity contribution in [3.05, 3.63) is 57.2 Å². The molecule has 3 aromatic rings. The van der Waals surface area contributed by atoms with Gasteiger partial charge in [0.25, 0.3) is 0 Å². The molecule has 0 atom stereocenters. The molecule has 0 unspecified atom stereocenters. The van der Waals surface area contributed by atoms with Crippen molar-refractivity contribution in [1.82, 2.24) is 9.55 Å². The van der Waals surface area contributed by atoms with E-state index in [0.29, 0.717) is 18.5 Å². The van der Waals surface area contributed by atoms with Crippen molar-refractivity contribution >= 4 is 38.6 Å². The van der Waals surface area contributed by atoms with E-state index in [-0.39, 0.29) is 29.3 Å². The number of aromatic nitrogens is 2. The Kier molecular flexibility index (Phi) is 5.45. The molecule has 2 aromatic carbocycles. The number of H-pyrrole nitrogens is 1. The number of halogens is 2. The third-order valence-electron chi connectivity index (χ3n) is 5.55. The number of hydrogen-bond acceptors (Lipinski definition) is 3. The number of carbonyl (C=O) groups excluding carboxylic acids is 1. The van der Waals surface area contributed by atoms with Crippen molar-refractivity contribution in [2.24, 2.45) is 5.92 Å². The van der Waals surface area contributed by atoms with Gasteiger partial charge in [-0.25, -0.2) is 9.18 Å². The second-order valence-electron chi connectivity index (χ2n) is 7.28. The van der Waals surface area contributed by atoms with Gasteiger partial charge in [0.2, 0.25) is 5.91 Å². The average Bonchev–Trinajstić information content (AvgIpc) is 3.07. The van der Waals surface area contributed by atoms with Crippen LogP contribution in [-0.4, -0.2) is 22.6 Å². The molecule has 0 bridgehead atoms. The standard InChI is InChI=1S/C21H21BrFN3O3/c1-29-18-11-13(7-10-16(18)23)24-20(27)12-5-8-14(9-6-12)26-17-4-2-3-15(22)19(17)25-21(26)28/h2-4,7,10-12,14H,5-6,8-9H2,1H3,(H,24,27)(H,25,28). The van der Waals surface area contributed by atoms with Crippen LogP contribution in [0.2, 0.25) is 0 Å². The Hall–Kier alpha value is -2.61. The van der Waals surface area contributed by atoms with Crippen LogP contribution in [0.15, 0.2) is 45.7 Å². The van der Waals surface area contributed by atoms with Crippen molar-refractivity contribution in [2.75, 3.05) is 12.4 Å². The third kappa shape index (κ3) is 3.81. The second-order valence-corrected chi connectivity index (χ2v) is 8.13. The SMILES string of the molecule is COc1cc(NC(=O)C2CCC(n3c(=O)[nH]c4c(Br)cccc43)CC2)ccc1F. The molecule has 1 aromatic heterocycles. The molecule has 152 valence electrons. The first-order valence-electron chi connectivity index (χ1n) is 9.51. The number of imidazole rings is 1. The number of ether oxygens (including phenoxy) is 1. The zero-order chi connectivity index (χ0) is 20.5. The Morgan fingerprint density at radius 1 is 1.24 bits per heavy atom. The van der Waals surface area contributed by atoms with Crippen LogP contribution in [-0.2, 0) is 4.79 Å². The normalized spacial score (nSPS) is 19.3. The highest BCUT2D eigenvalue weighted by Crippen LogP contribution is 2.34. The fourth-order valence-electron chi connectivity index (χ4n) is 4.05. The maximum Gasteiger partial charge on any atom is 0.326 e. The van der Waals surface area contributed by atoms with Crippen molar-refractivity contribution < 1.29 is 13.9 Å². The molecule has 6 nitrogen and oxygen atoms in total. The van der Waals surface area contributed by atoms with Crippen LogP contribution in [0.4, 0.5) is 10.1 Å². The van der Waals surface area contributed by atoms with Crippen molar-refractivity contribution in [3.63, 3.8) is 0 Å². The molecule has 8 heteroatoms. The lowest BCUT2D eigenvalue weighted by atomic mass is 9.85. The third-order valence-corrected chi connectivity index (χ3v) is 6.21. The number of nitrogens with zero attached hydrogens (tertiary/aromatic N) is 1. The molecule has 1 heterocycles. The maximum atomic E-state index is 13.5. The summed E-state index contributed by atoms with van der Waals surface area (Å²) in [4.78, 5) is 28.1. The van der Waals surface area contributed by atoms with Gasteiger partial charge in [-0.05, 0) is 65.9 Å². The number of anilines is 1. The van der Waals surface area contributed by atoms with E-state index in [1.807, 2.05) is 18.2 Å². The number of methoxy groups -OCH3 is 1. The Balaban J connectivity index is 1.45. The first-order chi connectivity index (χ1) is 14.0. The van der Waals surface area contributed by atoms with Crippen LogP contribution in [0.25, 0.3) is 11.0 Å². The van der Waals surface area contributed by atoms with E-state index < -0.39 is 5.82 Å². The Bertz CT molecular complexity index is 1120. The highest BCUT2D eigenvalue weighted by Gasteiger charge is 2.29. The lowest BCUT2D eigenvalue weighted by molar-refractivity contribution is -0.121. The summed E-state index contributed by atoms with van der Waals surface area (Å²) in [6, 6.07) is 10.1. The highest BCUT2D eigenvalue weighted by atomic mass is 79.9. The van der Waals surface area contributed by atoms with Crippen LogP contribution >= 0.6 is 15.9 Å². The first-order valence-corrected chi connectivity index (χ1v) is 10.3. The molecule has 1 saturated carbocycles. The van der Waals surface area contributed by atoms with Gasteiger partial charge in [0, 0.05) is 28.2 Å². The van der Waals surface area contributed by atoms with Crippen LogP contribution in [0.3, 0.4) is 0 Å². The highest BCUT2D eigenvalue weighted by molar-refractivity contribution is 9.10. The molecule has 2 N–H and O–H groups in total. The summed E-state index contributed by atoms with van der Waals surface area (Å²) in [5.74, 6) is -0.612. The van der Waals surface area contributed by atoms with Gasteiger partial charge < -0.3 is 15.0 Å². The quantitative estimate of drug-likeness (QED) is 0.595. The molecule has 4 rings (SSSR count). The molecular formula is C21H21BrFN3O3. The van der Waals surface area contributed by atoms with Gasteiger partial charge in [0.05, 0.1) is 18.1 Å². The van der Waals surface area contributed by atoms with E-state index in [4.69, 9.17) is 4.74 Å². The van der Waals surface area contributed by atoms with Gasteiger partial charge in [-0.3, -0.25) is 9.36 Å². The first kappa shape index (κ1) is 19.7. The van der Waals surface area contributed by atoms with Crippen molar-refractivity contribution in [3.8, 4) is 5.75 Å². The minimum absolute atomic E-state index is 0.0560. The summed E-state index contributed by atoms with van der Waals surface area (Å²) in [5, 5.41) is 2.85. The molecule has 0 saturated heterocycles. The van der Waals surface area contributed by atoms with E-state index in [0.717, 1.165) is 28.3 Å². The number of fused-ring (bicyclic) bond motifs is 1. The van der Waals surface area contributed by atoms with E-state index in [2.05, 4.69) is 26.2 Å².